The van der Waals surface area contributed by atoms with Crippen molar-refractivity contribution >= 4 is 33.0 Å². The van der Waals surface area contributed by atoms with E-state index < -0.39 is 10.0 Å². The highest BCUT2D eigenvalue weighted by Gasteiger charge is 2.23. The maximum absolute atomic E-state index is 12.8. The molecule has 0 saturated carbocycles. The van der Waals surface area contributed by atoms with Gasteiger partial charge in [0.2, 0.25) is 15.9 Å². The second kappa shape index (κ2) is 9.76. The maximum atomic E-state index is 12.8. The topological polar surface area (TPSA) is 81.8 Å². The zero-order valence-corrected chi connectivity index (χ0v) is 18.5. The first kappa shape index (κ1) is 22.7. The molecule has 0 aliphatic rings. The van der Waals surface area contributed by atoms with Gasteiger partial charge >= 0.3 is 0 Å². The Balaban J connectivity index is 2.24. The Morgan fingerprint density at radius 1 is 1.00 bits per heavy atom. The zero-order chi connectivity index (χ0) is 21.6. The molecule has 1 amide bonds. The van der Waals surface area contributed by atoms with Crippen LogP contribution in [-0.2, 0) is 14.8 Å². The van der Waals surface area contributed by atoms with Crippen molar-refractivity contribution in [2.45, 2.75) is 25.7 Å². The average molecular weight is 419 g/mol. The number of carbonyl (C=O) groups is 1. The van der Waals surface area contributed by atoms with Crippen LogP contribution in [0.2, 0.25) is 0 Å². The molecule has 0 heterocycles. The van der Waals surface area contributed by atoms with E-state index in [0.29, 0.717) is 18.8 Å². The Labute approximate surface area is 173 Å². The molecular formula is C21H30N4O3S. The number of carbonyl (C=O) groups excluding carboxylic acids is 1. The van der Waals surface area contributed by atoms with Crippen LogP contribution < -0.4 is 15.5 Å². The lowest BCUT2D eigenvalue weighted by atomic mass is 10.2. The van der Waals surface area contributed by atoms with Gasteiger partial charge in [0.15, 0.2) is 0 Å². The highest BCUT2D eigenvalue weighted by molar-refractivity contribution is 7.89. The first-order valence-corrected chi connectivity index (χ1v) is 11.1. The largest absolute Gasteiger partial charge is 0.376 e. The van der Waals surface area contributed by atoms with E-state index in [9.17, 15) is 13.2 Å². The third-order valence-electron chi connectivity index (χ3n) is 4.65. The summed E-state index contributed by atoms with van der Waals surface area (Å²) >= 11 is 0. The van der Waals surface area contributed by atoms with E-state index in [1.54, 1.807) is 18.2 Å². The van der Waals surface area contributed by atoms with Crippen LogP contribution >= 0.6 is 0 Å². The van der Waals surface area contributed by atoms with E-state index in [0.717, 1.165) is 16.9 Å². The summed E-state index contributed by atoms with van der Waals surface area (Å²) in [7, 11) is 0.150. The summed E-state index contributed by atoms with van der Waals surface area (Å²) in [6, 6.07) is 12.5. The third kappa shape index (κ3) is 5.48. The predicted molar refractivity (Wildman–Crippen MR) is 119 cm³/mol. The quantitative estimate of drug-likeness (QED) is 0.654. The van der Waals surface area contributed by atoms with Crippen molar-refractivity contribution in [1.29, 1.82) is 0 Å². The highest BCUT2D eigenvalue weighted by Crippen LogP contribution is 2.29. The van der Waals surface area contributed by atoms with Crippen molar-refractivity contribution in [3.8, 4) is 0 Å². The molecule has 0 aliphatic carbocycles. The lowest BCUT2D eigenvalue weighted by molar-refractivity contribution is -0.114. The van der Waals surface area contributed by atoms with Gasteiger partial charge in [-0.3, -0.25) is 4.79 Å². The van der Waals surface area contributed by atoms with Crippen molar-refractivity contribution in [3.05, 3.63) is 48.0 Å². The van der Waals surface area contributed by atoms with Crippen molar-refractivity contribution in [1.82, 2.24) is 4.31 Å². The van der Waals surface area contributed by atoms with E-state index in [2.05, 4.69) is 10.6 Å². The summed E-state index contributed by atoms with van der Waals surface area (Å²) in [6.07, 6.45) is 0. The number of anilines is 3. The van der Waals surface area contributed by atoms with E-state index in [1.165, 1.54) is 4.31 Å². The molecule has 0 spiro atoms. The standard InChI is InChI=1S/C21H30N4O3S/c1-6-25(7-2)29(27,28)17-12-13-20(24(4)5)19(14-17)22-15-21(26)23-18-11-9-8-10-16(18)3/h8-14,22H,6-7,15H2,1-5H3,(H,23,26). The number of hydrogen-bond acceptors (Lipinski definition) is 5. The number of para-hydroxylation sites is 1. The Morgan fingerprint density at radius 2 is 1.66 bits per heavy atom. The predicted octanol–water partition coefficient (Wildman–Crippen LogP) is 3.14. The van der Waals surface area contributed by atoms with Crippen molar-refractivity contribution in [3.63, 3.8) is 0 Å². The second-order valence-corrected chi connectivity index (χ2v) is 8.82. The zero-order valence-electron chi connectivity index (χ0n) is 17.7. The molecule has 0 unspecified atom stereocenters. The van der Waals surface area contributed by atoms with Crippen molar-refractivity contribution in [2.75, 3.05) is 49.3 Å². The fourth-order valence-electron chi connectivity index (χ4n) is 3.00. The molecule has 29 heavy (non-hydrogen) atoms. The van der Waals surface area contributed by atoms with Gasteiger partial charge in [-0.25, -0.2) is 8.42 Å². The molecule has 2 rings (SSSR count). The SMILES string of the molecule is CCN(CC)S(=O)(=O)c1ccc(N(C)C)c(NCC(=O)Nc2ccccc2C)c1. The molecule has 2 aromatic rings. The van der Waals surface area contributed by atoms with Crippen LogP contribution in [0.15, 0.2) is 47.4 Å². The van der Waals surface area contributed by atoms with Crippen LogP contribution in [0.25, 0.3) is 0 Å². The number of amides is 1. The molecule has 7 nitrogen and oxygen atoms in total. The van der Waals surface area contributed by atoms with E-state index >= 15 is 0 Å². The number of rotatable bonds is 9. The first-order valence-electron chi connectivity index (χ1n) is 9.61. The number of hydrogen-bond donors (Lipinski definition) is 2. The van der Waals surface area contributed by atoms with Crippen molar-refractivity contribution in [2.24, 2.45) is 0 Å². The van der Waals surface area contributed by atoms with Gasteiger partial charge in [-0.2, -0.15) is 4.31 Å². The molecule has 2 N–H and O–H groups in total. The van der Waals surface area contributed by atoms with E-state index in [4.69, 9.17) is 0 Å². The summed E-state index contributed by atoms with van der Waals surface area (Å²) in [4.78, 5) is 14.5. The van der Waals surface area contributed by atoms with Gasteiger partial charge in [-0.15, -0.1) is 0 Å². The summed E-state index contributed by atoms with van der Waals surface area (Å²) in [5.74, 6) is -0.207. The molecule has 0 bridgehead atoms. The number of benzene rings is 2. The molecule has 0 aromatic heterocycles. The normalized spacial score (nSPS) is 11.4. The summed E-state index contributed by atoms with van der Waals surface area (Å²) < 4.78 is 27.1. The Morgan fingerprint density at radius 3 is 2.24 bits per heavy atom. The highest BCUT2D eigenvalue weighted by atomic mass is 32.2. The molecule has 2 aromatic carbocycles. The van der Waals surface area contributed by atoms with Gasteiger partial charge in [0.1, 0.15) is 0 Å². The molecule has 0 fully saturated rings. The lowest BCUT2D eigenvalue weighted by Crippen LogP contribution is -2.30. The van der Waals surface area contributed by atoms with Crippen LogP contribution in [-0.4, -0.2) is 52.4 Å². The van der Waals surface area contributed by atoms with Gasteiger partial charge in [-0.1, -0.05) is 32.0 Å². The summed E-state index contributed by atoms with van der Waals surface area (Å²) in [6.45, 7) is 6.36. The van der Waals surface area contributed by atoms with Crippen molar-refractivity contribution < 1.29 is 13.2 Å². The average Bonchev–Trinajstić information content (AvgIpc) is 2.68. The molecule has 158 valence electrons. The second-order valence-electron chi connectivity index (χ2n) is 6.88. The van der Waals surface area contributed by atoms with Gasteiger partial charge in [-0.05, 0) is 36.8 Å². The number of aryl methyl sites for hydroxylation is 1. The Hall–Kier alpha value is -2.58. The first-order chi connectivity index (χ1) is 13.7. The van der Waals surface area contributed by atoms with Crippen LogP contribution in [0.5, 0.6) is 0 Å². The number of sulfonamides is 1. The van der Waals surface area contributed by atoms with Gasteiger partial charge in [0.05, 0.1) is 22.8 Å². The van der Waals surface area contributed by atoms with E-state index in [-0.39, 0.29) is 17.3 Å². The fraction of sp³-hybridized carbons (Fsp3) is 0.381. The van der Waals surface area contributed by atoms with E-state index in [1.807, 2.05) is 64.0 Å². The summed E-state index contributed by atoms with van der Waals surface area (Å²) in [5, 5.41) is 5.95. The fourth-order valence-corrected chi connectivity index (χ4v) is 4.49. The lowest BCUT2D eigenvalue weighted by Gasteiger charge is -2.22. The molecule has 0 atom stereocenters. The Kier molecular flexibility index (Phi) is 7.64. The number of nitrogens with zero attached hydrogens (tertiary/aromatic N) is 2. The van der Waals surface area contributed by atoms with Crippen LogP contribution in [0, 0.1) is 6.92 Å². The van der Waals surface area contributed by atoms with Crippen LogP contribution in [0.4, 0.5) is 17.1 Å². The van der Waals surface area contributed by atoms with Crippen LogP contribution in [0.1, 0.15) is 19.4 Å². The smallest absolute Gasteiger partial charge is 0.243 e. The van der Waals surface area contributed by atoms with Gasteiger partial charge in [0.25, 0.3) is 0 Å². The minimum absolute atomic E-state index is 0.0178. The third-order valence-corrected chi connectivity index (χ3v) is 6.70. The Bertz CT molecular complexity index is 954. The summed E-state index contributed by atoms with van der Waals surface area (Å²) in [5.41, 5.74) is 3.11. The molecule has 0 saturated heterocycles. The van der Waals surface area contributed by atoms with Gasteiger partial charge in [0, 0.05) is 32.9 Å². The number of nitrogens with one attached hydrogen (secondary N) is 2. The minimum Gasteiger partial charge on any atom is -0.376 e. The monoisotopic (exact) mass is 418 g/mol. The molecule has 0 aliphatic heterocycles. The molecule has 0 radical (unpaired) electrons. The van der Waals surface area contributed by atoms with Crippen LogP contribution in [0.3, 0.4) is 0 Å². The minimum atomic E-state index is -3.58. The molecule has 8 heteroatoms. The van der Waals surface area contributed by atoms with Gasteiger partial charge < -0.3 is 15.5 Å². The maximum Gasteiger partial charge on any atom is 0.243 e. The molecular weight excluding hydrogens is 388 g/mol.